The zero-order valence-electron chi connectivity index (χ0n) is 19.7. The number of aryl methyl sites for hydroxylation is 2. The van der Waals surface area contributed by atoms with E-state index in [2.05, 4.69) is 68.1 Å². The molecule has 2 fully saturated rings. The predicted molar refractivity (Wildman–Crippen MR) is 136 cm³/mol. The molecule has 0 heterocycles. The van der Waals surface area contributed by atoms with Crippen molar-refractivity contribution >= 4 is 10.8 Å². The van der Waals surface area contributed by atoms with Crippen molar-refractivity contribution in [3.05, 3.63) is 72.3 Å². The first-order valence-corrected chi connectivity index (χ1v) is 13.0. The molecule has 0 heteroatoms. The summed E-state index contributed by atoms with van der Waals surface area (Å²) in [6.07, 6.45) is 23.1. The molecule has 31 heavy (non-hydrogen) atoms. The van der Waals surface area contributed by atoms with Crippen molar-refractivity contribution in [3.8, 4) is 0 Å². The van der Waals surface area contributed by atoms with E-state index in [0.717, 1.165) is 36.5 Å². The Morgan fingerprint density at radius 2 is 1.35 bits per heavy atom. The van der Waals surface area contributed by atoms with Crippen LogP contribution in [0.15, 0.2) is 61.2 Å². The largest absolute Gasteiger partial charge is 0.103 e. The lowest BCUT2D eigenvalue weighted by molar-refractivity contribution is 0.153. The maximum absolute atomic E-state index is 4.01. The van der Waals surface area contributed by atoms with Crippen molar-refractivity contribution in [1.29, 1.82) is 0 Å². The van der Waals surface area contributed by atoms with Gasteiger partial charge in [-0.25, -0.2) is 0 Å². The van der Waals surface area contributed by atoms with E-state index in [1.165, 1.54) is 86.1 Å². The monoisotopic (exact) mass is 414 g/mol. The van der Waals surface area contributed by atoms with Crippen LogP contribution in [0.3, 0.4) is 0 Å². The third-order valence-electron chi connectivity index (χ3n) is 8.35. The molecule has 0 aromatic heterocycles. The molecule has 166 valence electrons. The molecule has 2 saturated carbocycles. The summed E-state index contributed by atoms with van der Waals surface area (Å²) in [5, 5.41) is 2.81. The zero-order chi connectivity index (χ0) is 21.5. The molecule has 2 aliphatic rings. The second-order valence-corrected chi connectivity index (χ2v) is 10.4. The first kappa shape index (κ1) is 22.4. The molecule has 2 aliphatic carbocycles. The first-order chi connectivity index (χ1) is 15.2. The Labute approximate surface area is 190 Å². The lowest BCUT2D eigenvalue weighted by Crippen LogP contribution is -2.25. The molecular weight excluding hydrogens is 372 g/mol. The van der Waals surface area contributed by atoms with Crippen molar-refractivity contribution in [2.24, 2.45) is 23.7 Å². The molecule has 0 bridgehead atoms. The molecular formula is C31H42. The molecule has 0 nitrogen and oxygen atoms in total. The van der Waals surface area contributed by atoms with Crippen molar-refractivity contribution in [2.75, 3.05) is 0 Å². The van der Waals surface area contributed by atoms with Gasteiger partial charge in [-0.3, -0.25) is 0 Å². The highest BCUT2D eigenvalue weighted by atomic mass is 14.4. The van der Waals surface area contributed by atoms with E-state index in [1.807, 2.05) is 0 Å². The number of hydrogen-bond acceptors (Lipinski definition) is 0. The molecule has 4 rings (SSSR count). The summed E-state index contributed by atoms with van der Waals surface area (Å²) >= 11 is 0. The van der Waals surface area contributed by atoms with E-state index < -0.39 is 0 Å². The van der Waals surface area contributed by atoms with Crippen LogP contribution in [0.1, 0.15) is 82.3 Å². The summed E-state index contributed by atoms with van der Waals surface area (Å²) < 4.78 is 0. The maximum atomic E-state index is 4.01. The van der Waals surface area contributed by atoms with Crippen LogP contribution >= 0.6 is 0 Å². The molecule has 0 amide bonds. The third kappa shape index (κ3) is 6.12. The summed E-state index contributed by atoms with van der Waals surface area (Å²) in [6, 6.07) is 14.2. The molecule has 0 aliphatic heterocycles. The molecule has 2 aromatic rings. The Balaban J connectivity index is 1.24. The minimum absolute atomic E-state index is 0.805. The molecule has 0 N–H and O–H groups in total. The molecule has 0 spiro atoms. The summed E-state index contributed by atoms with van der Waals surface area (Å²) in [4.78, 5) is 0. The minimum Gasteiger partial charge on any atom is -0.103 e. The van der Waals surface area contributed by atoms with E-state index in [1.54, 1.807) is 0 Å². The minimum atomic E-state index is 0.805. The van der Waals surface area contributed by atoms with Crippen molar-refractivity contribution < 1.29 is 0 Å². The van der Waals surface area contributed by atoms with Gasteiger partial charge in [0.15, 0.2) is 0 Å². The fourth-order valence-electron chi connectivity index (χ4n) is 6.24. The van der Waals surface area contributed by atoms with Crippen molar-refractivity contribution in [1.82, 2.24) is 0 Å². The topological polar surface area (TPSA) is 0 Å². The summed E-state index contributed by atoms with van der Waals surface area (Å²) in [6.45, 7) is 6.11. The van der Waals surface area contributed by atoms with Gasteiger partial charge >= 0.3 is 0 Å². The smallest absolute Gasteiger partial charge is 0.0181 e. The van der Waals surface area contributed by atoms with Crippen LogP contribution in [0.5, 0.6) is 0 Å². The Hall–Kier alpha value is -1.82. The maximum Gasteiger partial charge on any atom is -0.0181 e. The highest BCUT2D eigenvalue weighted by molar-refractivity contribution is 5.83. The van der Waals surface area contributed by atoms with Crippen LogP contribution in [0.4, 0.5) is 0 Å². The van der Waals surface area contributed by atoms with Gasteiger partial charge in [-0.15, -0.1) is 6.58 Å². The number of hydrogen-bond donors (Lipinski definition) is 0. The Bertz CT molecular complexity index is 857. The Morgan fingerprint density at radius 3 is 1.94 bits per heavy atom. The SMILES string of the molecule is C=CC1CCC(C2CCC(CCc3ccc4cc(CC/C=C/C)ccc4c3)CC2)CC1. The van der Waals surface area contributed by atoms with E-state index in [0.29, 0.717) is 0 Å². The third-order valence-corrected chi connectivity index (χ3v) is 8.35. The van der Waals surface area contributed by atoms with Crippen LogP contribution < -0.4 is 0 Å². The Morgan fingerprint density at radius 1 is 0.774 bits per heavy atom. The molecule has 0 saturated heterocycles. The second-order valence-electron chi connectivity index (χ2n) is 10.4. The lowest BCUT2D eigenvalue weighted by Gasteiger charge is -2.37. The molecule has 0 atom stereocenters. The van der Waals surface area contributed by atoms with Crippen LogP contribution in [0, 0.1) is 23.7 Å². The van der Waals surface area contributed by atoms with Gasteiger partial charge in [-0.1, -0.05) is 67.5 Å². The quantitative estimate of drug-likeness (QED) is 0.378. The average molecular weight is 415 g/mol. The Kier molecular flexibility index (Phi) is 8.06. The fourth-order valence-corrected chi connectivity index (χ4v) is 6.24. The molecule has 2 aromatic carbocycles. The normalized spacial score (nSPS) is 27.0. The number of allylic oxidation sites excluding steroid dienone is 3. The zero-order valence-corrected chi connectivity index (χ0v) is 19.7. The predicted octanol–water partition coefficient (Wildman–Crippen LogP) is 9.08. The standard InChI is InChI=1S/C31H42/c1-3-5-6-7-26-14-20-31-23-27(15-21-30(31)22-26)9-8-25-12-18-29(19-13-25)28-16-10-24(4-2)11-17-28/h3-5,14-15,20-25,28-29H,2,6-13,16-19H2,1H3/b5-3+. The van der Waals surface area contributed by atoms with Gasteiger partial charge in [0.25, 0.3) is 0 Å². The van der Waals surface area contributed by atoms with Gasteiger partial charge in [0, 0.05) is 0 Å². The van der Waals surface area contributed by atoms with Gasteiger partial charge in [-0.05, 0) is 117 Å². The summed E-state index contributed by atoms with van der Waals surface area (Å²) in [7, 11) is 0. The average Bonchev–Trinajstić information content (AvgIpc) is 2.83. The van der Waals surface area contributed by atoms with Gasteiger partial charge < -0.3 is 0 Å². The van der Waals surface area contributed by atoms with Crippen LogP contribution in [0.25, 0.3) is 10.8 Å². The second kappa shape index (κ2) is 11.2. The highest BCUT2D eigenvalue weighted by Gasteiger charge is 2.30. The highest BCUT2D eigenvalue weighted by Crippen LogP contribution is 2.42. The van der Waals surface area contributed by atoms with Gasteiger partial charge in [0.2, 0.25) is 0 Å². The lowest BCUT2D eigenvalue weighted by atomic mass is 9.68. The van der Waals surface area contributed by atoms with Gasteiger partial charge in [0.05, 0.1) is 0 Å². The molecule has 0 unspecified atom stereocenters. The fraction of sp³-hybridized carbons (Fsp3) is 0.548. The van der Waals surface area contributed by atoms with E-state index in [-0.39, 0.29) is 0 Å². The number of benzene rings is 2. The van der Waals surface area contributed by atoms with Crippen LogP contribution in [-0.2, 0) is 12.8 Å². The summed E-state index contributed by atoms with van der Waals surface area (Å²) in [5.41, 5.74) is 2.98. The molecule has 0 radical (unpaired) electrons. The van der Waals surface area contributed by atoms with Crippen LogP contribution in [0.2, 0.25) is 0 Å². The van der Waals surface area contributed by atoms with E-state index in [4.69, 9.17) is 0 Å². The van der Waals surface area contributed by atoms with Gasteiger partial charge in [0.1, 0.15) is 0 Å². The van der Waals surface area contributed by atoms with E-state index in [9.17, 15) is 0 Å². The summed E-state index contributed by atoms with van der Waals surface area (Å²) in [5.74, 6) is 3.79. The van der Waals surface area contributed by atoms with Crippen molar-refractivity contribution in [3.63, 3.8) is 0 Å². The number of rotatable bonds is 8. The number of fused-ring (bicyclic) bond motifs is 1. The van der Waals surface area contributed by atoms with Gasteiger partial charge in [-0.2, -0.15) is 0 Å². The first-order valence-electron chi connectivity index (χ1n) is 13.0. The van der Waals surface area contributed by atoms with E-state index >= 15 is 0 Å². The van der Waals surface area contributed by atoms with Crippen molar-refractivity contribution in [2.45, 2.75) is 84.0 Å². The van der Waals surface area contributed by atoms with Crippen LogP contribution in [-0.4, -0.2) is 0 Å².